The van der Waals surface area contributed by atoms with Gasteiger partial charge in [0.15, 0.2) is 5.82 Å². The molecule has 1 heterocycles. The molecule has 4 nitrogen and oxygen atoms in total. The maximum absolute atomic E-state index is 14.8. The molecular weight excluding hydrogens is 437 g/mol. The van der Waals surface area contributed by atoms with Crippen molar-refractivity contribution in [2.45, 2.75) is 25.4 Å². The molecule has 0 spiro atoms. The molecule has 1 aromatic heterocycles. The van der Waals surface area contributed by atoms with Crippen molar-refractivity contribution in [3.05, 3.63) is 95.1 Å². The standard InChI is InChI=1S/C24H19F3N4.ClH/c25-19-5-4-15-8-20(9-17(15)7-19)28-12-21-22(26)10-18(11-23(21)27)14-2-1-3-16(6-14)24-29-13-30-31-24;/h1-7,10-11,13,20,28H,8-9,12H2,(H,29,30,31);1H/t20-;/m1./s1. The van der Waals surface area contributed by atoms with E-state index in [9.17, 15) is 13.2 Å². The summed E-state index contributed by atoms with van der Waals surface area (Å²) in [5.41, 5.74) is 3.88. The van der Waals surface area contributed by atoms with Crippen LogP contribution in [0.5, 0.6) is 0 Å². The van der Waals surface area contributed by atoms with Gasteiger partial charge in [-0.2, -0.15) is 5.10 Å². The molecule has 5 rings (SSSR count). The van der Waals surface area contributed by atoms with Gasteiger partial charge in [-0.25, -0.2) is 18.2 Å². The van der Waals surface area contributed by atoms with Crippen LogP contribution in [0, 0.1) is 17.5 Å². The number of rotatable bonds is 5. The molecule has 0 saturated heterocycles. The van der Waals surface area contributed by atoms with Crippen molar-refractivity contribution in [2.75, 3.05) is 0 Å². The van der Waals surface area contributed by atoms with Gasteiger partial charge >= 0.3 is 0 Å². The zero-order valence-corrected chi connectivity index (χ0v) is 17.7. The summed E-state index contributed by atoms with van der Waals surface area (Å²) in [7, 11) is 0. The molecule has 0 amide bonds. The van der Waals surface area contributed by atoms with Crippen molar-refractivity contribution in [2.24, 2.45) is 0 Å². The van der Waals surface area contributed by atoms with Crippen LogP contribution in [-0.4, -0.2) is 21.2 Å². The van der Waals surface area contributed by atoms with Gasteiger partial charge in [-0.3, -0.25) is 5.10 Å². The van der Waals surface area contributed by atoms with E-state index in [1.54, 1.807) is 24.3 Å². The van der Waals surface area contributed by atoms with Crippen molar-refractivity contribution in [3.8, 4) is 22.5 Å². The van der Waals surface area contributed by atoms with E-state index in [0.29, 0.717) is 29.8 Å². The van der Waals surface area contributed by atoms with E-state index in [-0.39, 0.29) is 36.4 Å². The second-order valence-electron chi connectivity index (χ2n) is 7.72. The molecule has 0 fully saturated rings. The van der Waals surface area contributed by atoms with Gasteiger partial charge in [-0.15, -0.1) is 12.4 Å². The van der Waals surface area contributed by atoms with E-state index in [4.69, 9.17) is 0 Å². The molecule has 3 aromatic carbocycles. The lowest BCUT2D eigenvalue weighted by atomic mass is 10.0. The number of benzene rings is 3. The zero-order chi connectivity index (χ0) is 21.4. The topological polar surface area (TPSA) is 53.6 Å². The summed E-state index contributed by atoms with van der Waals surface area (Å²) in [6, 6.07) is 14.7. The third-order valence-corrected chi connectivity index (χ3v) is 5.68. The number of nitrogens with zero attached hydrogens (tertiary/aromatic N) is 2. The Bertz CT molecular complexity index is 1220. The molecule has 2 N–H and O–H groups in total. The van der Waals surface area contributed by atoms with Crippen LogP contribution < -0.4 is 5.32 Å². The number of nitrogens with one attached hydrogen (secondary N) is 2. The highest BCUT2D eigenvalue weighted by atomic mass is 35.5. The van der Waals surface area contributed by atoms with Crippen molar-refractivity contribution in [1.82, 2.24) is 20.5 Å². The molecule has 1 atom stereocenters. The van der Waals surface area contributed by atoms with E-state index in [0.717, 1.165) is 16.7 Å². The van der Waals surface area contributed by atoms with Gasteiger partial charge in [0.05, 0.1) is 0 Å². The Morgan fingerprint density at radius 2 is 1.62 bits per heavy atom. The lowest BCUT2D eigenvalue weighted by Gasteiger charge is -2.14. The Balaban J connectivity index is 0.00000245. The summed E-state index contributed by atoms with van der Waals surface area (Å²) in [5, 5.41) is 9.90. The van der Waals surface area contributed by atoms with Crippen molar-refractivity contribution < 1.29 is 13.2 Å². The normalized spacial score (nSPS) is 14.8. The fourth-order valence-electron chi connectivity index (χ4n) is 4.10. The lowest BCUT2D eigenvalue weighted by molar-refractivity contribution is 0.492. The van der Waals surface area contributed by atoms with Gasteiger partial charge in [-0.05, 0) is 65.4 Å². The van der Waals surface area contributed by atoms with Crippen molar-refractivity contribution in [3.63, 3.8) is 0 Å². The number of halogens is 4. The quantitative estimate of drug-likeness (QED) is 0.432. The molecule has 164 valence electrons. The van der Waals surface area contributed by atoms with Gasteiger partial charge in [0.2, 0.25) is 0 Å². The maximum atomic E-state index is 14.8. The average Bonchev–Trinajstić information content (AvgIpc) is 3.42. The minimum Gasteiger partial charge on any atom is -0.309 e. The SMILES string of the molecule is Cl.Fc1ccc2c(c1)C[C@H](NCc1c(F)cc(-c3cccc(-c4nc[nH]n4)c3)cc1F)C2. The third kappa shape index (κ3) is 4.40. The van der Waals surface area contributed by atoms with Crippen LogP contribution in [0.15, 0.2) is 60.9 Å². The fraction of sp³-hybridized carbons (Fsp3) is 0.167. The van der Waals surface area contributed by atoms with Gasteiger partial charge in [0.1, 0.15) is 23.8 Å². The number of fused-ring (bicyclic) bond motifs is 1. The van der Waals surface area contributed by atoms with Gasteiger partial charge < -0.3 is 5.32 Å². The summed E-state index contributed by atoms with van der Waals surface area (Å²) >= 11 is 0. The van der Waals surface area contributed by atoms with Gasteiger partial charge in [0, 0.05) is 23.7 Å². The summed E-state index contributed by atoms with van der Waals surface area (Å²) in [6.45, 7) is 0.0658. The largest absolute Gasteiger partial charge is 0.309 e. The Hall–Kier alpha value is -3.16. The molecule has 0 saturated carbocycles. The van der Waals surface area contributed by atoms with Gasteiger partial charge in [0.25, 0.3) is 0 Å². The van der Waals surface area contributed by atoms with Crippen LogP contribution in [0.1, 0.15) is 16.7 Å². The number of aromatic nitrogens is 3. The minimum atomic E-state index is -0.604. The second kappa shape index (κ2) is 9.14. The molecule has 8 heteroatoms. The molecule has 1 aliphatic rings. The maximum Gasteiger partial charge on any atom is 0.180 e. The first-order valence-electron chi connectivity index (χ1n) is 10.0. The number of hydrogen-bond donors (Lipinski definition) is 2. The zero-order valence-electron chi connectivity index (χ0n) is 16.9. The summed E-state index contributed by atoms with van der Waals surface area (Å²) in [4.78, 5) is 4.11. The highest BCUT2D eigenvalue weighted by molar-refractivity contribution is 5.85. The van der Waals surface area contributed by atoms with Crippen LogP contribution in [0.2, 0.25) is 0 Å². The molecule has 0 aliphatic heterocycles. The Morgan fingerprint density at radius 3 is 2.38 bits per heavy atom. The average molecular weight is 457 g/mol. The molecule has 0 unspecified atom stereocenters. The Kier molecular flexibility index (Phi) is 6.30. The fourth-order valence-corrected chi connectivity index (χ4v) is 4.10. The van der Waals surface area contributed by atoms with E-state index in [1.165, 1.54) is 30.6 Å². The molecule has 4 aromatic rings. The molecule has 32 heavy (non-hydrogen) atoms. The number of H-pyrrole nitrogens is 1. The monoisotopic (exact) mass is 456 g/mol. The summed E-state index contributed by atoms with van der Waals surface area (Å²) < 4.78 is 43.0. The van der Waals surface area contributed by atoms with E-state index < -0.39 is 11.6 Å². The van der Waals surface area contributed by atoms with Crippen LogP contribution in [0.3, 0.4) is 0 Å². The first-order valence-corrected chi connectivity index (χ1v) is 10.0. The Morgan fingerprint density at radius 1 is 0.875 bits per heavy atom. The lowest BCUT2D eigenvalue weighted by Crippen LogP contribution is -2.29. The summed E-state index contributed by atoms with van der Waals surface area (Å²) in [6.07, 6.45) is 2.83. The third-order valence-electron chi connectivity index (χ3n) is 5.68. The first-order chi connectivity index (χ1) is 15.1. The highest BCUT2D eigenvalue weighted by Gasteiger charge is 2.22. The van der Waals surface area contributed by atoms with Crippen molar-refractivity contribution in [1.29, 1.82) is 0 Å². The second-order valence-corrected chi connectivity index (χ2v) is 7.72. The molecule has 0 radical (unpaired) electrons. The van der Waals surface area contributed by atoms with E-state index in [1.807, 2.05) is 6.07 Å². The highest BCUT2D eigenvalue weighted by Crippen LogP contribution is 2.28. The van der Waals surface area contributed by atoms with Gasteiger partial charge in [-0.1, -0.05) is 24.3 Å². The van der Waals surface area contributed by atoms with E-state index in [2.05, 4.69) is 20.5 Å². The molecule has 0 bridgehead atoms. The number of hydrogen-bond acceptors (Lipinski definition) is 3. The van der Waals surface area contributed by atoms with Crippen molar-refractivity contribution >= 4 is 12.4 Å². The first kappa shape index (κ1) is 22.0. The van der Waals surface area contributed by atoms with Crippen LogP contribution in [0.4, 0.5) is 13.2 Å². The van der Waals surface area contributed by atoms with E-state index >= 15 is 0 Å². The smallest absolute Gasteiger partial charge is 0.180 e. The van der Waals surface area contributed by atoms with Crippen LogP contribution >= 0.6 is 12.4 Å². The van der Waals surface area contributed by atoms with Crippen LogP contribution in [0.25, 0.3) is 22.5 Å². The number of aromatic amines is 1. The Labute approximate surface area is 189 Å². The minimum absolute atomic E-state index is 0. The molecular formula is C24H20ClF3N4. The van der Waals surface area contributed by atoms with Crippen LogP contribution in [-0.2, 0) is 19.4 Å². The predicted molar refractivity (Wildman–Crippen MR) is 119 cm³/mol. The predicted octanol–water partition coefficient (Wildman–Crippen LogP) is 5.23. The summed E-state index contributed by atoms with van der Waals surface area (Å²) in [5.74, 6) is -0.958. The molecule has 1 aliphatic carbocycles.